The molecule has 2 rings (SSSR count). The molecule has 1 unspecified atom stereocenters. The second-order valence-corrected chi connectivity index (χ2v) is 6.92. The maximum absolute atomic E-state index is 12.4. The molecule has 0 amide bonds. The second-order valence-electron chi connectivity index (χ2n) is 4.57. The van der Waals surface area contributed by atoms with Crippen LogP contribution in [-0.4, -0.2) is 35.5 Å². The smallest absolute Gasteiger partial charge is 0.355 e. The van der Waals surface area contributed by atoms with Crippen LogP contribution in [-0.2, 0) is 12.7 Å². The standard InChI is InChI=1S/C12H17F3N4S2.HI/c1-16-11(17-5-8-3-2-4-20-8)18-6-10-19-9(7-21-10)12(13,14)15;/h7-8H,2-6H2,1H3,(H2,16,17,18);1H. The number of thioether (sulfide) groups is 1. The molecule has 0 radical (unpaired) electrons. The summed E-state index contributed by atoms with van der Waals surface area (Å²) in [7, 11) is 1.64. The van der Waals surface area contributed by atoms with Gasteiger partial charge in [-0.25, -0.2) is 4.98 Å². The van der Waals surface area contributed by atoms with Gasteiger partial charge >= 0.3 is 6.18 Å². The minimum atomic E-state index is -4.38. The first-order valence-electron chi connectivity index (χ1n) is 6.57. The van der Waals surface area contributed by atoms with Crippen molar-refractivity contribution in [1.29, 1.82) is 0 Å². The fourth-order valence-electron chi connectivity index (χ4n) is 1.92. The van der Waals surface area contributed by atoms with E-state index in [2.05, 4.69) is 20.6 Å². The van der Waals surface area contributed by atoms with Gasteiger partial charge in [0.05, 0.1) is 6.54 Å². The fourth-order valence-corrected chi connectivity index (χ4v) is 3.86. The van der Waals surface area contributed by atoms with Gasteiger partial charge in [-0.3, -0.25) is 4.99 Å². The Morgan fingerprint density at radius 3 is 2.77 bits per heavy atom. The Morgan fingerprint density at radius 2 is 2.23 bits per heavy atom. The van der Waals surface area contributed by atoms with E-state index in [-0.39, 0.29) is 30.5 Å². The number of alkyl halides is 3. The molecule has 4 nitrogen and oxygen atoms in total. The van der Waals surface area contributed by atoms with Crippen molar-refractivity contribution in [2.24, 2.45) is 4.99 Å². The van der Waals surface area contributed by atoms with Crippen molar-refractivity contribution < 1.29 is 13.2 Å². The molecule has 1 saturated heterocycles. The van der Waals surface area contributed by atoms with Crippen molar-refractivity contribution >= 4 is 53.0 Å². The molecular formula is C12H18F3IN4S2. The van der Waals surface area contributed by atoms with Gasteiger partial charge in [0.15, 0.2) is 11.7 Å². The Bertz CT molecular complexity index is 487. The zero-order valence-electron chi connectivity index (χ0n) is 11.9. The molecule has 1 aliphatic heterocycles. The maximum atomic E-state index is 12.4. The van der Waals surface area contributed by atoms with E-state index in [1.54, 1.807) is 7.05 Å². The topological polar surface area (TPSA) is 49.3 Å². The van der Waals surface area contributed by atoms with Gasteiger partial charge in [0, 0.05) is 24.2 Å². The van der Waals surface area contributed by atoms with E-state index in [0.29, 0.717) is 16.2 Å². The summed E-state index contributed by atoms with van der Waals surface area (Å²) >= 11 is 2.93. The van der Waals surface area contributed by atoms with Gasteiger partial charge < -0.3 is 10.6 Å². The average Bonchev–Trinajstić information content (AvgIpc) is 3.09. The summed E-state index contributed by atoms with van der Waals surface area (Å²) < 4.78 is 37.3. The van der Waals surface area contributed by atoms with E-state index in [0.717, 1.165) is 23.3 Å². The summed E-state index contributed by atoms with van der Waals surface area (Å²) in [6.45, 7) is 1.05. The van der Waals surface area contributed by atoms with Crippen LogP contribution in [0.25, 0.3) is 0 Å². The maximum Gasteiger partial charge on any atom is 0.434 e. The third-order valence-electron chi connectivity index (χ3n) is 2.99. The number of nitrogens with one attached hydrogen (secondary N) is 2. The summed E-state index contributed by atoms with van der Waals surface area (Å²) in [5.41, 5.74) is -0.838. The lowest BCUT2D eigenvalue weighted by atomic mass is 10.2. The lowest BCUT2D eigenvalue weighted by Crippen LogP contribution is -2.39. The van der Waals surface area contributed by atoms with Crippen molar-refractivity contribution in [2.45, 2.75) is 30.8 Å². The van der Waals surface area contributed by atoms with Crippen molar-refractivity contribution in [3.05, 3.63) is 16.1 Å². The first-order valence-corrected chi connectivity index (χ1v) is 8.49. The predicted molar refractivity (Wildman–Crippen MR) is 96.2 cm³/mol. The van der Waals surface area contributed by atoms with Crippen LogP contribution in [0.15, 0.2) is 10.4 Å². The zero-order chi connectivity index (χ0) is 15.3. The SMILES string of the molecule is CN=C(NCc1nc(C(F)(F)F)cs1)NCC1CCCS1.I. The lowest BCUT2D eigenvalue weighted by molar-refractivity contribution is -0.140. The van der Waals surface area contributed by atoms with Gasteiger partial charge in [-0.2, -0.15) is 24.9 Å². The molecule has 10 heteroatoms. The van der Waals surface area contributed by atoms with Crippen LogP contribution in [0.5, 0.6) is 0 Å². The van der Waals surface area contributed by atoms with E-state index >= 15 is 0 Å². The average molecular weight is 466 g/mol. The molecule has 1 aliphatic rings. The first kappa shape index (κ1) is 19.8. The number of hydrogen-bond donors (Lipinski definition) is 2. The number of thiazole rings is 1. The molecule has 2 heterocycles. The van der Waals surface area contributed by atoms with Gasteiger partial charge in [-0.15, -0.1) is 35.3 Å². The van der Waals surface area contributed by atoms with Crippen LogP contribution in [0.4, 0.5) is 13.2 Å². The third kappa shape index (κ3) is 6.11. The number of aromatic nitrogens is 1. The molecule has 1 aromatic heterocycles. The summed E-state index contributed by atoms with van der Waals surface area (Å²) in [6.07, 6.45) is -1.95. The Labute approximate surface area is 152 Å². The van der Waals surface area contributed by atoms with E-state index in [4.69, 9.17) is 0 Å². The van der Waals surface area contributed by atoms with Gasteiger partial charge in [0.2, 0.25) is 0 Å². The molecule has 0 aromatic carbocycles. The summed E-state index contributed by atoms with van der Waals surface area (Å²) in [5, 5.41) is 8.18. The van der Waals surface area contributed by atoms with Crippen LogP contribution < -0.4 is 10.6 Å². The summed E-state index contributed by atoms with van der Waals surface area (Å²) in [6, 6.07) is 0. The van der Waals surface area contributed by atoms with Crippen molar-refractivity contribution in [3.63, 3.8) is 0 Å². The fraction of sp³-hybridized carbons (Fsp3) is 0.667. The Balaban J connectivity index is 0.00000242. The molecule has 0 spiro atoms. The van der Waals surface area contributed by atoms with Crippen LogP contribution in [0.3, 0.4) is 0 Å². The Kier molecular flexibility index (Phi) is 8.25. The second kappa shape index (κ2) is 9.16. The van der Waals surface area contributed by atoms with Crippen LogP contribution in [0, 0.1) is 0 Å². The van der Waals surface area contributed by atoms with E-state index < -0.39 is 11.9 Å². The molecule has 0 saturated carbocycles. The molecule has 1 atom stereocenters. The first-order chi connectivity index (χ1) is 9.99. The Hall–Kier alpha value is -0.230. The number of hydrogen-bond acceptors (Lipinski definition) is 4. The predicted octanol–water partition coefficient (Wildman–Crippen LogP) is 3.34. The minimum absolute atomic E-state index is 0. The number of halogens is 4. The molecule has 1 aromatic rings. The molecule has 22 heavy (non-hydrogen) atoms. The highest BCUT2D eigenvalue weighted by atomic mass is 127. The number of guanidine groups is 1. The largest absolute Gasteiger partial charge is 0.434 e. The van der Waals surface area contributed by atoms with Crippen LogP contribution >= 0.6 is 47.1 Å². The van der Waals surface area contributed by atoms with E-state index in [9.17, 15) is 13.2 Å². The summed E-state index contributed by atoms with van der Waals surface area (Å²) in [4.78, 5) is 7.63. The quantitative estimate of drug-likeness (QED) is 0.406. The van der Waals surface area contributed by atoms with Gasteiger partial charge in [-0.05, 0) is 18.6 Å². The van der Waals surface area contributed by atoms with Crippen molar-refractivity contribution in [3.8, 4) is 0 Å². The van der Waals surface area contributed by atoms with Gasteiger partial charge in [-0.1, -0.05) is 0 Å². The van der Waals surface area contributed by atoms with Crippen molar-refractivity contribution in [2.75, 3.05) is 19.3 Å². The highest BCUT2D eigenvalue weighted by molar-refractivity contribution is 14.0. The van der Waals surface area contributed by atoms with Gasteiger partial charge in [0.25, 0.3) is 0 Å². The zero-order valence-corrected chi connectivity index (χ0v) is 15.9. The highest BCUT2D eigenvalue weighted by Crippen LogP contribution is 2.30. The third-order valence-corrected chi connectivity index (χ3v) is 5.24. The highest BCUT2D eigenvalue weighted by Gasteiger charge is 2.33. The van der Waals surface area contributed by atoms with E-state index in [1.807, 2.05) is 11.8 Å². The molecule has 1 fully saturated rings. The van der Waals surface area contributed by atoms with Crippen molar-refractivity contribution in [1.82, 2.24) is 15.6 Å². The van der Waals surface area contributed by atoms with Crippen LogP contribution in [0.2, 0.25) is 0 Å². The normalized spacial score (nSPS) is 18.9. The molecule has 0 aliphatic carbocycles. The lowest BCUT2D eigenvalue weighted by Gasteiger charge is -2.14. The minimum Gasteiger partial charge on any atom is -0.355 e. The number of nitrogens with zero attached hydrogens (tertiary/aromatic N) is 2. The Morgan fingerprint density at radius 1 is 1.45 bits per heavy atom. The summed E-state index contributed by atoms with van der Waals surface area (Å²) in [5.74, 6) is 1.78. The molecule has 0 bridgehead atoms. The number of aliphatic imine (C=N–C) groups is 1. The van der Waals surface area contributed by atoms with Gasteiger partial charge in [0.1, 0.15) is 5.01 Å². The number of rotatable bonds is 4. The molecule has 2 N–H and O–H groups in total. The molecular weight excluding hydrogens is 448 g/mol. The molecule has 126 valence electrons. The van der Waals surface area contributed by atoms with E-state index in [1.165, 1.54) is 18.6 Å². The van der Waals surface area contributed by atoms with Crippen LogP contribution in [0.1, 0.15) is 23.5 Å². The monoisotopic (exact) mass is 466 g/mol.